The Bertz CT molecular complexity index is 697. The molecule has 1 N–H and O–H groups in total. The fraction of sp³-hybridized carbons (Fsp3) is 0.350. The number of carbonyl (C=O) groups excluding carboxylic acids is 1. The van der Waals surface area contributed by atoms with Crippen LogP contribution in [0.1, 0.15) is 43.0 Å². The molecule has 0 aromatic heterocycles. The summed E-state index contributed by atoms with van der Waals surface area (Å²) in [6, 6.07) is 11.9. The van der Waals surface area contributed by atoms with Gasteiger partial charge in [-0.15, -0.1) is 0 Å². The fourth-order valence-corrected chi connectivity index (χ4v) is 2.45. The van der Waals surface area contributed by atoms with Gasteiger partial charge < -0.3 is 10.1 Å². The first-order chi connectivity index (χ1) is 11.4. The number of ether oxygens (including phenoxy) is 1. The Kier molecular flexibility index (Phi) is 5.96. The van der Waals surface area contributed by atoms with E-state index in [0.717, 1.165) is 22.4 Å². The minimum absolute atomic E-state index is 0.171. The molecule has 1 amide bonds. The smallest absolute Gasteiger partial charge is 0.261 e. The number of rotatable bonds is 6. The Morgan fingerprint density at radius 1 is 1.17 bits per heavy atom. The standard InChI is InChI=1S/C20H24FNO2/c1-5-18(24-19-12-13(2)6-7-14(19)3)20(23)22-15(4)16-8-10-17(21)11-9-16/h6-12,15,18H,5H2,1-4H3,(H,22,23)/t15-,18-/m1/s1. The maximum absolute atomic E-state index is 13.0. The minimum atomic E-state index is -0.562. The summed E-state index contributed by atoms with van der Waals surface area (Å²) in [5.41, 5.74) is 2.94. The van der Waals surface area contributed by atoms with Crippen LogP contribution in [0.2, 0.25) is 0 Å². The molecular formula is C20H24FNO2. The van der Waals surface area contributed by atoms with E-state index in [-0.39, 0.29) is 17.8 Å². The van der Waals surface area contributed by atoms with Gasteiger partial charge in [-0.1, -0.05) is 31.2 Å². The van der Waals surface area contributed by atoms with Crippen molar-refractivity contribution in [2.24, 2.45) is 0 Å². The van der Waals surface area contributed by atoms with Gasteiger partial charge in [0.05, 0.1) is 6.04 Å². The lowest BCUT2D eigenvalue weighted by Crippen LogP contribution is -2.39. The normalized spacial score (nSPS) is 13.2. The first kappa shape index (κ1) is 18.0. The van der Waals surface area contributed by atoms with Crippen molar-refractivity contribution in [1.82, 2.24) is 5.32 Å². The van der Waals surface area contributed by atoms with Crippen LogP contribution in [0.4, 0.5) is 4.39 Å². The van der Waals surface area contributed by atoms with Crippen molar-refractivity contribution < 1.29 is 13.9 Å². The Morgan fingerprint density at radius 2 is 1.83 bits per heavy atom. The van der Waals surface area contributed by atoms with Crippen LogP contribution in [0.25, 0.3) is 0 Å². The van der Waals surface area contributed by atoms with E-state index in [1.165, 1.54) is 12.1 Å². The summed E-state index contributed by atoms with van der Waals surface area (Å²) >= 11 is 0. The van der Waals surface area contributed by atoms with Crippen molar-refractivity contribution in [3.05, 3.63) is 65.0 Å². The minimum Gasteiger partial charge on any atom is -0.480 e. The third kappa shape index (κ3) is 4.57. The number of nitrogens with one attached hydrogen (secondary N) is 1. The molecule has 0 aliphatic rings. The molecule has 0 bridgehead atoms. The van der Waals surface area contributed by atoms with Crippen molar-refractivity contribution in [2.45, 2.75) is 46.3 Å². The lowest BCUT2D eigenvalue weighted by molar-refractivity contribution is -0.128. The molecule has 0 saturated carbocycles. The van der Waals surface area contributed by atoms with Crippen molar-refractivity contribution in [2.75, 3.05) is 0 Å². The molecular weight excluding hydrogens is 305 g/mol. The zero-order valence-electron chi connectivity index (χ0n) is 14.6. The summed E-state index contributed by atoms with van der Waals surface area (Å²) < 4.78 is 18.9. The molecule has 2 atom stereocenters. The van der Waals surface area contributed by atoms with Crippen LogP contribution in [-0.4, -0.2) is 12.0 Å². The summed E-state index contributed by atoms with van der Waals surface area (Å²) in [4.78, 5) is 12.5. The van der Waals surface area contributed by atoms with Crippen molar-refractivity contribution in [1.29, 1.82) is 0 Å². The van der Waals surface area contributed by atoms with Crippen molar-refractivity contribution >= 4 is 5.91 Å². The molecule has 0 aliphatic heterocycles. The van der Waals surface area contributed by atoms with Gasteiger partial charge in [-0.3, -0.25) is 4.79 Å². The molecule has 4 heteroatoms. The van der Waals surface area contributed by atoms with Crippen LogP contribution < -0.4 is 10.1 Å². The molecule has 2 rings (SSSR count). The molecule has 128 valence electrons. The summed E-state index contributed by atoms with van der Waals surface area (Å²) in [7, 11) is 0. The molecule has 24 heavy (non-hydrogen) atoms. The third-order valence-electron chi connectivity index (χ3n) is 4.00. The summed E-state index contributed by atoms with van der Waals surface area (Å²) in [6.45, 7) is 7.73. The van der Waals surface area contributed by atoms with Crippen LogP contribution in [0, 0.1) is 19.7 Å². The predicted octanol–water partition coefficient (Wildman–Crippen LogP) is 4.48. The van der Waals surface area contributed by atoms with E-state index < -0.39 is 6.10 Å². The van der Waals surface area contributed by atoms with E-state index in [1.807, 2.05) is 45.9 Å². The zero-order valence-corrected chi connectivity index (χ0v) is 14.6. The average Bonchev–Trinajstić information content (AvgIpc) is 2.56. The van der Waals surface area contributed by atoms with E-state index >= 15 is 0 Å². The zero-order chi connectivity index (χ0) is 17.7. The van der Waals surface area contributed by atoms with E-state index in [1.54, 1.807) is 12.1 Å². The van der Waals surface area contributed by atoms with Crippen molar-refractivity contribution in [3.8, 4) is 5.75 Å². The molecule has 3 nitrogen and oxygen atoms in total. The Morgan fingerprint density at radius 3 is 2.46 bits per heavy atom. The highest BCUT2D eigenvalue weighted by Crippen LogP contribution is 2.22. The number of hydrogen-bond acceptors (Lipinski definition) is 2. The monoisotopic (exact) mass is 329 g/mol. The Labute approximate surface area is 142 Å². The second-order valence-electron chi connectivity index (χ2n) is 6.07. The van der Waals surface area contributed by atoms with Gasteiger partial charge in [-0.2, -0.15) is 0 Å². The Balaban J connectivity index is 2.05. The Hall–Kier alpha value is -2.36. The third-order valence-corrected chi connectivity index (χ3v) is 4.00. The number of benzene rings is 2. The van der Waals surface area contributed by atoms with Gasteiger partial charge in [0, 0.05) is 0 Å². The molecule has 0 radical (unpaired) electrons. The van der Waals surface area contributed by atoms with E-state index in [4.69, 9.17) is 4.74 Å². The van der Waals surface area contributed by atoms with Gasteiger partial charge in [-0.25, -0.2) is 4.39 Å². The molecule has 0 saturated heterocycles. The van der Waals surface area contributed by atoms with E-state index in [2.05, 4.69) is 5.32 Å². The molecule has 0 heterocycles. The molecule has 2 aromatic rings. The number of amides is 1. The second-order valence-corrected chi connectivity index (χ2v) is 6.07. The molecule has 2 aromatic carbocycles. The highest BCUT2D eigenvalue weighted by molar-refractivity contribution is 5.81. The molecule has 0 fully saturated rings. The van der Waals surface area contributed by atoms with Crippen LogP contribution in [0.15, 0.2) is 42.5 Å². The average molecular weight is 329 g/mol. The molecule has 0 unspecified atom stereocenters. The van der Waals surface area contributed by atoms with Gasteiger partial charge >= 0.3 is 0 Å². The fourth-order valence-electron chi connectivity index (χ4n) is 2.45. The summed E-state index contributed by atoms with van der Waals surface area (Å²) in [5, 5.41) is 2.93. The van der Waals surface area contributed by atoms with Crippen LogP contribution >= 0.6 is 0 Å². The van der Waals surface area contributed by atoms with Crippen LogP contribution in [0.5, 0.6) is 5.75 Å². The number of halogens is 1. The first-order valence-electron chi connectivity index (χ1n) is 8.20. The first-order valence-corrected chi connectivity index (χ1v) is 8.20. The summed E-state index contributed by atoms with van der Waals surface area (Å²) in [6.07, 6.45) is 0.00317. The SMILES string of the molecule is CC[C@@H](Oc1cc(C)ccc1C)C(=O)N[C@H](C)c1ccc(F)cc1. The van der Waals surface area contributed by atoms with Crippen molar-refractivity contribution in [3.63, 3.8) is 0 Å². The van der Waals surface area contributed by atoms with Gasteiger partial charge in [-0.05, 0) is 62.1 Å². The molecule has 0 spiro atoms. The number of aryl methyl sites for hydroxylation is 2. The van der Waals surface area contributed by atoms with Gasteiger partial charge in [0.15, 0.2) is 6.10 Å². The van der Waals surface area contributed by atoms with Crippen LogP contribution in [0.3, 0.4) is 0 Å². The lowest BCUT2D eigenvalue weighted by Gasteiger charge is -2.22. The van der Waals surface area contributed by atoms with Gasteiger partial charge in [0.2, 0.25) is 0 Å². The lowest BCUT2D eigenvalue weighted by atomic mass is 10.1. The maximum Gasteiger partial charge on any atom is 0.261 e. The van der Waals surface area contributed by atoms with Gasteiger partial charge in [0.25, 0.3) is 5.91 Å². The van der Waals surface area contributed by atoms with E-state index in [9.17, 15) is 9.18 Å². The predicted molar refractivity (Wildman–Crippen MR) is 93.6 cm³/mol. The number of hydrogen-bond donors (Lipinski definition) is 1. The highest BCUT2D eigenvalue weighted by Gasteiger charge is 2.21. The van der Waals surface area contributed by atoms with Gasteiger partial charge in [0.1, 0.15) is 11.6 Å². The number of carbonyl (C=O) groups is 1. The topological polar surface area (TPSA) is 38.3 Å². The largest absolute Gasteiger partial charge is 0.480 e. The molecule has 0 aliphatic carbocycles. The summed E-state index contributed by atoms with van der Waals surface area (Å²) in [5.74, 6) is 0.267. The second kappa shape index (κ2) is 7.95. The highest BCUT2D eigenvalue weighted by atomic mass is 19.1. The van der Waals surface area contributed by atoms with Crippen LogP contribution in [-0.2, 0) is 4.79 Å². The quantitative estimate of drug-likeness (QED) is 0.849. The van der Waals surface area contributed by atoms with E-state index in [0.29, 0.717) is 6.42 Å². The maximum atomic E-state index is 13.0.